The Hall–Kier alpha value is -1.46. The number of rotatable bonds is 7. The van der Waals surface area contributed by atoms with Gasteiger partial charge in [-0.05, 0) is 37.0 Å². The molecule has 20 heavy (non-hydrogen) atoms. The minimum absolute atomic E-state index is 0.230. The second-order valence-corrected chi connectivity index (χ2v) is 5.16. The fourth-order valence-electron chi connectivity index (χ4n) is 2.15. The molecule has 0 aromatic heterocycles. The topological polar surface area (TPSA) is 58.6 Å². The van der Waals surface area contributed by atoms with Crippen LogP contribution in [0.3, 0.4) is 0 Å². The standard InChI is InChI=1S/C15H20FNO3/c1-20-14(18)9-8-13(17-12-6-7-12)15(19)10-2-4-11(16)5-3-10/h2-5,12-13,15,17,19H,6-9H2,1H3. The molecule has 5 heteroatoms. The first-order valence-electron chi connectivity index (χ1n) is 6.86. The third-order valence-corrected chi connectivity index (χ3v) is 3.51. The molecular formula is C15H20FNO3. The largest absolute Gasteiger partial charge is 0.469 e. The van der Waals surface area contributed by atoms with Crippen molar-refractivity contribution in [2.75, 3.05) is 7.11 Å². The highest BCUT2D eigenvalue weighted by molar-refractivity contribution is 5.69. The van der Waals surface area contributed by atoms with Crippen molar-refractivity contribution in [3.63, 3.8) is 0 Å². The highest BCUT2D eigenvalue weighted by atomic mass is 19.1. The lowest BCUT2D eigenvalue weighted by Crippen LogP contribution is -2.37. The fourth-order valence-corrected chi connectivity index (χ4v) is 2.15. The number of aliphatic hydroxyl groups excluding tert-OH is 1. The van der Waals surface area contributed by atoms with E-state index in [1.165, 1.54) is 19.2 Å². The molecule has 2 atom stereocenters. The van der Waals surface area contributed by atoms with E-state index in [9.17, 15) is 14.3 Å². The molecule has 1 saturated carbocycles. The number of esters is 1. The van der Waals surface area contributed by atoms with Gasteiger partial charge in [-0.25, -0.2) is 4.39 Å². The van der Waals surface area contributed by atoms with E-state index in [4.69, 9.17) is 0 Å². The van der Waals surface area contributed by atoms with Crippen molar-refractivity contribution in [1.82, 2.24) is 5.32 Å². The fraction of sp³-hybridized carbons (Fsp3) is 0.533. The minimum Gasteiger partial charge on any atom is -0.469 e. The van der Waals surface area contributed by atoms with Crippen LogP contribution in [0.4, 0.5) is 4.39 Å². The molecule has 0 heterocycles. The normalized spacial score (nSPS) is 17.6. The number of ether oxygens (including phenoxy) is 1. The molecule has 0 saturated heterocycles. The molecule has 2 unspecified atom stereocenters. The van der Waals surface area contributed by atoms with Gasteiger partial charge < -0.3 is 15.2 Å². The predicted molar refractivity (Wildman–Crippen MR) is 72.6 cm³/mol. The Morgan fingerprint density at radius 2 is 2.10 bits per heavy atom. The molecule has 1 aliphatic carbocycles. The zero-order valence-electron chi connectivity index (χ0n) is 11.5. The number of benzene rings is 1. The lowest BCUT2D eigenvalue weighted by molar-refractivity contribution is -0.141. The summed E-state index contributed by atoms with van der Waals surface area (Å²) in [7, 11) is 1.35. The van der Waals surface area contributed by atoms with Crippen molar-refractivity contribution in [3.05, 3.63) is 35.6 Å². The van der Waals surface area contributed by atoms with Crippen LogP contribution in [-0.2, 0) is 9.53 Å². The number of hydrogen-bond acceptors (Lipinski definition) is 4. The summed E-state index contributed by atoms with van der Waals surface area (Å²) in [6.45, 7) is 0. The van der Waals surface area contributed by atoms with Crippen LogP contribution in [0, 0.1) is 5.82 Å². The first-order chi connectivity index (χ1) is 9.60. The molecule has 1 aromatic rings. The monoisotopic (exact) mass is 281 g/mol. The van der Waals surface area contributed by atoms with E-state index >= 15 is 0 Å². The van der Waals surface area contributed by atoms with Gasteiger partial charge in [-0.2, -0.15) is 0 Å². The molecule has 2 N–H and O–H groups in total. The van der Waals surface area contributed by atoms with Crippen LogP contribution in [0.25, 0.3) is 0 Å². The van der Waals surface area contributed by atoms with E-state index in [2.05, 4.69) is 10.1 Å². The number of nitrogens with one attached hydrogen (secondary N) is 1. The summed E-state index contributed by atoms with van der Waals surface area (Å²) < 4.78 is 17.5. The third-order valence-electron chi connectivity index (χ3n) is 3.51. The zero-order valence-corrected chi connectivity index (χ0v) is 11.5. The van der Waals surface area contributed by atoms with Crippen LogP contribution in [0.2, 0.25) is 0 Å². The first kappa shape index (κ1) is 14.9. The van der Waals surface area contributed by atoms with Crippen LogP contribution < -0.4 is 5.32 Å². The van der Waals surface area contributed by atoms with Crippen LogP contribution in [0.5, 0.6) is 0 Å². The lowest BCUT2D eigenvalue weighted by atomic mass is 9.98. The van der Waals surface area contributed by atoms with Crippen molar-refractivity contribution in [3.8, 4) is 0 Å². The minimum atomic E-state index is -0.763. The maximum absolute atomic E-state index is 12.9. The van der Waals surface area contributed by atoms with E-state index in [1.807, 2.05) is 0 Å². The second kappa shape index (κ2) is 6.81. The highest BCUT2D eigenvalue weighted by Gasteiger charge is 2.29. The van der Waals surface area contributed by atoms with E-state index < -0.39 is 6.10 Å². The quantitative estimate of drug-likeness (QED) is 0.750. The Labute approximate surface area is 117 Å². The van der Waals surface area contributed by atoms with Gasteiger partial charge in [0, 0.05) is 18.5 Å². The number of methoxy groups -OCH3 is 1. The summed E-state index contributed by atoms with van der Waals surface area (Å²) in [6.07, 6.45) is 2.15. The average molecular weight is 281 g/mol. The molecule has 1 aromatic carbocycles. The molecule has 4 nitrogen and oxygen atoms in total. The van der Waals surface area contributed by atoms with Gasteiger partial charge in [-0.1, -0.05) is 12.1 Å². The number of carbonyl (C=O) groups excluding carboxylic acids is 1. The molecule has 0 bridgehead atoms. The van der Waals surface area contributed by atoms with Crippen LogP contribution >= 0.6 is 0 Å². The second-order valence-electron chi connectivity index (χ2n) is 5.16. The van der Waals surface area contributed by atoms with Crippen molar-refractivity contribution in [2.45, 2.75) is 43.9 Å². The van der Waals surface area contributed by atoms with Crippen molar-refractivity contribution in [1.29, 1.82) is 0 Å². The van der Waals surface area contributed by atoms with Gasteiger partial charge in [0.1, 0.15) is 5.82 Å². The van der Waals surface area contributed by atoms with Gasteiger partial charge in [-0.3, -0.25) is 4.79 Å². The SMILES string of the molecule is COC(=O)CCC(NC1CC1)C(O)c1ccc(F)cc1. The van der Waals surface area contributed by atoms with E-state index in [1.54, 1.807) is 12.1 Å². The third kappa shape index (κ3) is 4.28. The number of aliphatic hydroxyl groups is 1. The summed E-state index contributed by atoms with van der Waals surface area (Å²) in [5, 5.41) is 13.7. The Bertz CT molecular complexity index is 445. The van der Waals surface area contributed by atoms with Crippen molar-refractivity contribution < 1.29 is 19.0 Å². The van der Waals surface area contributed by atoms with Crippen molar-refractivity contribution in [2.24, 2.45) is 0 Å². The first-order valence-corrected chi connectivity index (χ1v) is 6.86. The Morgan fingerprint density at radius 3 is 2.65 bits per heavy atom. The molecule has 0 spiro atoms. The van der Waals surface area contributed by atoms with Crippen LogP contribution in [-0.4, -0.2) is 30.3 Å². The van der Waals surface area contributed by atoms with Crippen molar-refractivity contribution >= 4 is 5.97 Å². The lowest BCUT2D eigenvalue weighted by Gasteiger charge is -2.24. The molecule has 2 rings (SSSR count). The summed E-state index contributed by atoms with van der Waals surface area (Å²) in [6, 6.07) is 5.97. The van der Waals surface area contributed by atoms with Crippen LogP contribution in [0.15, 0.2) is 24.3 Å². The smallest absolute Gasteiger partial charge is 0.305 e. The maximum atomic E-state index is 12.9. The van der Waals surface area contributed by atoms with E-state index in [-0.39, 0.29) is 24.2 Å². The molecular weight excluding hydrogens is 261 g/mol. The van der Waals surface area contributed by atoms with Gasteiger partial charge in [0.15, 0.2) is 0 Å². The van der Waals surface area contributed by atoms with Crippen LogP contribution in [0.1, 0.15) is 37.4 Å². The molecule has 0 amide bonds. The van der Waals surface area contributed by atoms with E-state index in [0.29, 0.717) is 18.0 Å². The summed E-state index contributed by atoms with van der Waals surface area (Å²) >= 11 is 0. The summed E-state index contributed by atoms with van der Waals surface area (Å²) in [5.41, 5.74) is 0.648. The molecule has 0 aliphatic heterocycles. The van der Waals surface area contributed by atoms with Gasteiger partial charge in [-0.15, -0.1) is 0 Å². The molecule has 110 valence electrons. The zero-order chi connectivity index (χ0) is 14.5. The molecule has 1 fully saturated rings. The predicted octanol–water partition coefficient (Wildman–Crippen LogP) is 1.93. The summed E-state index contributed by atoms with van der Waals surface area (Å²) in [4.78, 5) is 11.2. The molecule has 1 aliphatic rings. The summed E-state index contributed by atoms with van der Waals surface area (Å²) in [5.74, 6) is -0.624. The van der Waals surface area contributed by atoms with Gasteiger partial charge in [0.25, 0.3) is 0 Å². The number of hydrogen-bond donors (Lipinski definition) is 2. The Morgan fingerprint density at radius 1 is 1.45 bits per heavy atom. The van der Waals surface area contributed by atoms with E-state index in [0.717, 1.165) is 12.8 Å². The maximum Gasteiger partial charge on any atom is 0.305 e. The highest BCUT2D eigenvalue weighted by Crippen LogP contribution is 2.26. The Kier molecular flexibility index (Phi) is 5.09. The molecule has 0 radical (unpaired) electrons. The Balaban J connectivity index is 2.00. The van der Waals surface area contributed by atoms with Gasteiger partial charge in [0.2, 0.25) is 0 Å². The number of carbonyl (C=O) groups is 1. The van der Waals surface area contributed by atoms with Gasteiger partial charge >= 0.3 is 5.97 Å². The average Bonchev–Trinajstić information content (AvgIpc) is 3.27. The van der Waals surface area contributed by atoms with Gasteiger partial charge in [0.05, 0.1) is 13.2 Å². The number of halogens is 1.